The summed E-state index contributed by atoms with van der Waals surface area (Å²) in [6, 6.07) is 0. The number of aromatic nitrogens is 4. The van der Waals surface area contributed by atoms with E-state index in [1.807, 2.05) is 0 Å². The number of aromatic amines is 1. The molecule has 2 rings (SSSR count). The third-order valence-electron chi connectivity index (χ3n) is 2.37. The molecule has 0 spiro atoms. The van der Waals surface area contributed by atoms with Gasteiger partial charge in [-0.25, -0.2) is 4.98 Å². The molecule has 0 aliphatic carbocycles. The van der Waals surface area contributed by atoms with Gasteiger partial charge in [-0.2, -0.15) is 4.98 Å². The van der Waals surface area contributed by atoms with E-state index in [-0.39, 0.29) is 61.0 Å². The number of hydrogen-bond acceptors (Lipinski definition) is 7. The second-order valence-corrected chi connectivity index (χ2v) is 3.62. The van der Waals surface area contributed by atoms with E-state index >= 15 is 0 Å². The van der Waals surface area contributed by atoms with Crippen LogP contribution in [0.25, 0.3) is 11.2 Å². The number of rotatable bonds is 5. The second-order valence-electron chi connectivity index (χ2n) is 3.62. The van der Waals surface area contributed by atoms with Crippen LogP contribution in [0.3, 0.4) is 0 Å². The Morgan fingerprint density at radius 1 is 1.47 bits per heavy atom. The van der Waals surface area contributed by atoms with E-state index in [9.17, 15) is 4.79 Å². The first-order valence-electron chi connectivity index (χ1n) is 5.19. The quantitative estimate of drug-likeness (QED) is 0.439. The van der Waals surface area contributed by atoms with Gasteiger partial charge in [-0.15, -0.1) is 0 Å². The molecule has 2 aromatic rings. The number of anilines is 1. The van der Waals surface area contributed by atoms with E-state index in [2.05, 4.69) is 15.0 Å². The van der Waals surface area contributed by atoms with Crippen LogP contribution in [-0.2, 0) is 11.5 Å². The van der Waals surface area contributed by atoms with Crippen LogP contribution >= 0.6 is 0 Å². The number of aliphatic hydroxyl groups excluding tert-OH is 2. The first-order chi connectivity index (χ1) is 8.65. The molecule has 5 N–H and O–H groups in total. The summed E-state index contributed by atoms with van der Waals surface area (Å²) in [6.07, 6.45) is 0.698. The number of nitrogens with one attached hydrogen (secondary N) is 1. The molecule has 19 heavy (non-hydrogen) atoms. The fraction of sp³-hybridized carbons (Fsp3) is 0.444. The maximum atomic E-state index is 11.5. The Labute approximate surface area is 129 Å². The molecular weight excluding hydrogens is 265 g/mol. The average molecular weight is 279 g/mol. The molecule has 2 heterocycles. The van der Waals surface area contributed by atoms with Gasteiger partial charge in [-0.3, -0.25) is 9.36 Å². The predicted molar refractivity (Wildman–Crippen MR) is 68.8 cm³/mol. The van der Waals surface area contributed by atoms with Crippen LogP contribution in [0.2, 0.25) is 0 Å². The topological polar surface area (TPSA) is 139 Å². The second kappa shape index (κ2) is 6.98. The number of aliphatic hydroxyl groups is 2. The van der Waals surface area contributed by atoms with E-state index in [1.54, 1.807) is 0 Å². The number of nitrogens with two attached hydrogens (primary N) is 1. The molecule has 0 saturated carbocycles. The normalized spacial score (nSPS) is 10.9. The van der Waals surface area contributed by atoms with Crippen LogP contribution in [-0.4, -0.2) is 78.6 Å². The molecule has 0 atom stereocenters. The third-order valence-corrected chi connectivity index (χ3v) is 2.37. The summed E-state index contributed by atoms with van der Waals surface area (Å²) in [4.78, 5) is 21.6. The molecule has 100 valence electrons. The van der Waals surface area contributed by atoms with Gasteiger partial charge in [-0.1, -0.05) is 0 Å². The summed E-state index contributed by atoms with van der Waals surface area (Å²) in [5.74, 6) is -0.0184. The van der Waals surface area contributed by atoms with Gasteiger partial charge in [0, 0.05) is 0 Å². The van der Waals surface area contributed by atoms with Gasteiger partial charge < -0.3 is 25.7 Å². The number of nitrogen functional groups attached to an aromatic ring is 1. The van der Waals surface area contributed by atoms with E-state index in [1.165, 1.54) is 10.9 Å². The minimum absolute atomic E-state index is 0. The summed E-state index contributed by atoms with van der Waals surface area (Å²) in [5, 5.41) is 17.7. The van der Waals surface area contributed by atoms with Crippen LogP contribution in [0.5, 0.6) is 0 Å². The number of hydrogen-bond donors (Lipinski definition) is 4. The monoisotopic (exact) mass is 279 g/mol. The van der Waals surface area contributed by atoms with Crippen molar-refractivity contribution in [2.75, 3.05) is 18.9 Å². The van der Waals surface area contributed by atoms with Crippen LogP contribution < -0.4 is 11.3 Å². The van der Waals surface area contributed by atoms with Crippen molar-refractivity contribution in [1.82, 2.24) is 19.5 Å². The van der Waals surface area contributed by atoms with Gasteiger partial charge in [-0.05, 0) is 0 Å². The van der Waals surface area contributed by atoms with Crippen LogP contribution in [0.4, 0.5) is 5.95 Å². The minimum atomic E-state index is -0.687. The van der Waals surface area contributed by atoms with E-state index < -0.39 is 11.7 Å². The van der Waals surface area contributed by atoms with E-state index in [0.717, 1.165) is 0 Å². The van der Waals surface area contributed by atoms with Crippen LogP contribution in [0, 0.1) is 0 Å². The molecule has 0 radical (unpaired) electrons. The maximum absolute atomic E-state index is 11.5. The Balaban J connectivity index is 0.00000180. The van der Waals surface area contributed by atoms with Gasteiger partial charge in [0.15, 0.2) is 5.52 Å². The standard InChI is InChI=1S/C9H13N5O4.Na.H/c10-9-12-7-6(8(17)13-9)11-3-14(7)4-18-5(1-15)2-16;;/h3,5,15-16H,1-2,4H2,(H3,10,12,13,17);;. The van der Waals surface area contributed by atoms with Gasteiger partial charge in [0.05, 0.1) is 19.5 Å². The molecule has 0 amide bonds. The average Bonchev–Trinajstić information content (AvgIpc) is 2.74. The van der Waals surface area contributed by atoms with Crippen molar-refractivity contribution < 1.29 is 14.9 Å². The summed E-state index contributed by atoms with van der Waals surface area (Å²) < 4.78 is 6.71. The van der Waals surface area contributed by atoms with Crippen molar-refractivity contribution in [3.63, 3.8) is 0 Å². The number of fused-ring (bicyclic) bond motifs is 1. The molecule has 9 nitrogen and oxygen atoms in total. The Bertz CT molecular complexity index is 594. The number of nitrogens with zero attached hydrogens (tertiary/aromatic N) is 3. The number of H-pyrrole nitrogens is 1. The molecule has 0 unspecified atom stereocenters. The van der Waals surface area contributed by atoms with Gasteiger partial charge in [0.2, 0.25) is 5.95 Å². The number of imidazole rings is 1. The Kier molecular flexibility index (Phi) is 5.91. The molecule has 0 aliphatic heterocycles. The fourth-order valence-electron chi connectivity index (χ4n) is 1.43. The molecule has 10 heteroatoms. The van der Waals surface area contributed by atoms with Crippen molar-refractivity contribution in [3.8, 4) is 0 Å². The van der Waals surface area contributed by atoms with Crippen molar-refractivity contribution in [1.29, 1.82) is 0 Å². The van der Waals surface area contributed by atoms with Crippen LogP contribution in [0.1, 0.15) is 0 Å². The predicted octanol–water partition coefficient (Wildman–Crippen LogP) is -2.62. The summed E-state index contributed by atoms with van der Waals surface area (Å²) >= 11 is 0. The van der Waals surface area contributed by atoms with Crippen molar-refractivity contribution >= 4 is 46.7 Å². The first-order valence-corrected chi connectivity index (χ1v) is 5.19. The molecule has 0 aliphatic rings. The first kappa shape index (κ1) is 16.1. The Morgan fingerprint density at radius 3 is 2.79 bits per heavy atom. The van der Waals surface area contributed by atoms with Gasteiger partial charge in [0.25, 0.3) is 0 Å². The third kappa shape index (κ3) is 3.53. The van der Waals surface area contributed by atoms with Crippen molar-refractivity contribution in [2.24, 2.45) is 0 Å². The summed E-state index contributed by atoms with van der Waals surface area (Å²) in [6.45, 7) is -0.589. The van der Waals surface area contributed by atoms with Gasteiger partial charge >= 0.3 is 35.1 Å². The molecule has 2 aromatic heterocycles. The van der Waals surface area contributed by atoms with Gasteiger partial charge in [0.1, 0.15) is 18.5 Å². The summed E-state index contributed by atoms with van der Waals surface area (Å²) in [7, 11) is 0. The zero-order chi connectivity index (χ0) is 13.1. The number of ether oxygens (including phenoxy) is 1. The summed E-state index contributed by atoms with van der Waals surface area (Å²) in [5.41, 5.74) is 5.43. The van der Waals surface area contributed by atoms with Crippen molar-refractivity contribution in [2.45, 2.75) is 12.8 Å². The molecule has 0 fully saturated rings. The fourth-order valence-corrected chi connectivity index (χ4v) is 1.43. The molecule has 0 saturated heterocycles. The molecular formula is C9H14N5NaO4. The van der Waals surface area contributed by atoms with Crippen LogP contribution in [0.15, 0.2) is 11.1 Å². The van der Waals surface area contributed by atoms with E-state index in [4.69, 9.17) is 20.7 Å². The van der Waals surface area contributed by atoms with E-state index in [0.29, 0.717) is 5.65 Å². The molecule has 0 aromatic carbocycles. The Hall–Kier alpha value is -0.970. The zero-order valence-corrected chi connectivity index (χ0v) is 9.41. The Morgan fingerprint density at radius 2 is 2.16 bits per heavy atom. The SMILES string of the molecule is Nc1nc(=O)c2ncn(COC(CO)CO)c2[nH]1.[NaH]. The zero-order valence-electron chi connectivity index (χ0n) is 9.41. The molecule has 0 bridgehead atoms. The van der Waals surface area contributed by atoms with Crippen molar-refractivity contribution in [3.05, 3.63) is 16.7 Å².